The molecule has 2 aliphatic rings. The second-order valence-electron chi connectivity index (χ2n) is 22.1. The number of benzene rings is 8. The van der Waals surface area contributed by atoms with Crippen molar-refractivity contribution in [2.24, 2.45) is 0 Å². The van der Waals surface area contributed by atoms with E-state index < -0.39 is 0 Å². The first-order valence-corrected chi connectivity index (χ1v) is 31.8. The number of halogens is 2. The van der Waals surface area contributed by atoms with Gasteiger partial charge in [0.25, 0.3) is 0 Å². The van der Waals surface area contributed by atoms with Gasteiger partial charge in [-0.2, -0.15) is 0 Å². The third kappa shape index (κ3) is 6.60. The summed E-state index contributed by atoms with van der Waals surface area (Å²) in [4.78, 5) is 14.4. The van der Waals surface area contributed by atoms with E-state index in [0.29, 0.717) is 5.92 Å². The van der Waals surface area contributed by atoms with Gasteiger partial charge in [0, 0.05) is 59.8 Å². The fourth-order valence-corrected chi connectivity index (χ4v) is 14.1. The summed E-state index contributed by atoms with van der Waals surface area (Å²) in [6, 6.07) is 0. The number of aryl methyl sites for hydroxylation is 12. The van der Waals surface area contributed by atoms with Crippen molar-refractivity contribution in [1.82, 2.24) is 0 Å². The second kappa shape index (κ2) is 17.8. The molecule has 0 aromatic heterocycles. The number of carbonyl (C=O) groups excluding carboxylic acids is 1. The minimum absolute atomic E-state index is 0.210. The summed E-state index contributed by atoms with van der Waals surface area (Å²) in [5.41, 5.74) is 43.4. The first kappa shape index (κ1) is 52.3. The molecule has 70 heavy (non-hydrogen) atoms. The van der Waals surface area contributed by atoms with Gasteiger partial charge in [0.1, 0.15) is 0 Å². The zero-order valence-electron chi connectivity index (χ0n) is 47.2. The van der Waals surface area contributed by atoms with E-state index in [4.69, 9.17) is 0 Å². The van der Waals surface area contributed by atoms with E-state index >= 15 is 0 Å². The monoisotopic (exact) mass is 1150 g/mol. The first-order valence-electron chi connectivity index (χ1n) is 25.5. The molecule has 0 radical (unpaired) electrons. The van der Waals surface area contributed by atoms with Crippen LogP contribution in [0.25, 0.3) is 65.3 Å². The first-order chi connectivity index (χ1) is 32.7. The predicted molar refractivity (Wildman–Crippen MR) is 326 cm³/mol. The van der Waals surface area contributed by atoms with E-state index in [1.807, 2.05) is 0 Å². The summed E-state index contributed by atoms with van der Waals surface area (Å²) < 4.78 is 0. The van der Waals surface area contributed by atoms with E-state index in [9.17, 15) is 4.79 Å². The molecule has 0 N–H and O–H groups in total. The molecule has 8 aromatic carbocycles. The van der Waals surface area contributed by atoms with Crippen molar-refractivity contribution in [2.45, 2.75) is 179 Å². The summed E-state index contributed by atoms with van der Waals surface area (Å²) in [6.45, 7) is 57.2. The Balaban J connectivity index is 0.000000182. The van der Waals surface area contributed by atoms with Crippen LogP contribution in [0.4, 0.5) is 0 Å². The molecule has 8 aromatic rings. The molecule has 0 heterocycles. The lowest BCUT2D eigenvalue weighted by atomic mass is 9.80. The van der Waals surface area contributed by atoms with Gasteiger partial charge < -0.3 is 0 Å². The molecule has 0 amide bonds. The molecule has 3 heteroatoms. The van der Waals surface area contributed by atoms with Gasteiger partial charge in [-0.25, -0.2) is 0 Å². The minimum atomic E-state index is 0.210. The van der Waals surface area contributed by atoms with E-state index in [-0.39, 0.29) is 5.78 Å². The van der Waals surface area contributed by atoms with Crippen LogP contribution in [-0.4, -0.2) is 5.78 Å². The molecule has 0 spiro atoms. The van der Waals surface area contributed by atoms with Crippen LogP contribution in [0.5, 0.6) is 0 Å². The summed E-state index contributed by atoms with van der Waals surface area (Å²) in [5, 5.41) is 11.1. The summed E-state index contributed by atoms with van der Waals surface area (Å²) >= 11 is 4.24. The Morgan fingerprint density at radius 1 is 0.214 bits per heavy atom. The second-order valence-corrected chi connectivity index (χ2v) is 22.1. The fraction of sp³-hybridized carbons (Fsp3) is 0.388. The lowest BCUT2D eigenvalue weighted by Gasteiger charge is -2.23. The molecular weight excluding hydrogens is 1070 g/mol. The van der Waals surface area contributed by atoms with Crippen molar-refractivity contribution >= 4 is 86.1 Å². The average Bonchev–Trinajstić information content (AvgIpc) is 3.81. The Hall–Kier alpha value is -4.07. The zero-order valence-corrected chi connectivity index (χ0v) is 51.6. The minimum Gasteiger partial charge on any atom is -0.289 e. The van der Waals surface area contributed by atoms with E-state index in [1.54, 1.807) is 11.1 Å². The Morgan fingerprint density at radius 2 is 0.457 bits per heavy atom. The van der Waals surface area contributed by atoms with Crippen molar-refractivity contribution in [2.75, 3.05) is 0 Å². The van der Waals surface area contributed by atoms with Crippen molar-refractivity contribution in [1.29, 1.82) is 0 Å². The third-order valence-corrected chi connectivity index (χ3v) is 19.9. The fourth-order valence-electron chi connectivity index (χ4n) is 14.1. The molecule has 1 nitrogen and oxygen atoms in total. The molecule has 0 bridgehead atoms. The SMILES string of the molecule is Cc1c(C)c(C)c2c3c(c(C)c(C)c2c1C)-c1c(c(C)c(C)c2c(C)c(C)c(C)c(C)c12)C3=O.Cc1c(C)c(C)c2c3c(c(C)c(C)c2c1C)C(C)c1c-3c(C)c(C)c2c(C)c(C)c(C)c(C)c12.II. The van der Waals surface area contributed by atoms with Gasteiger partial charge in [0.05, 0.1) is 0 Å². The highest BCUT2D eigenvalue weighted by molar-refractivity contribution is 15.0. The molecule has 0 saturated heterocycles. The lowest BCUT2D eigenvalue weighted by molar-refractivity contribution is 0.104. The van der Waals surface area contributed by atoms with Gasteiger partial charge >= 0.3 is 0 Å². The highest BCUT2D eigenvalue weighted by Crippen LogP contribution is 2.58. The normalized spacial score (nSPS) is 13.5. The predicted octanol–water partition coefficient (Wildman–Crippen LogP) is 20.5. The average molecular weight is 1150 g/mol. The molecule has 1 unspecified atom stereocenters. The number of carbonyl (C=O) groups is 1. The molecule has 1 atom stereocenters. The summed E-state index contributed by atoms with van der Waals surface area (Å²) in [5.74, 6) is 0.609. The molecule has 2 aliphatic carbocycles. The number of ketones is 1. The molecule has 10 rings (SSSR count). The molecule has 364 valence electrons. The van der Waals surface area contributed by atoms with Crippen LogP contribution in [-0.2, 0) is 0 Å². The van der Waals surface area contributed by atoms with E-state index in [2.05, 4.69) is 210 Å². The number of fused-ring (bicyclic) bond motifs is 14. The lowest BCUT2D eigenvalue weighted by Crippen LogP contribution is -2.06. The van der Waals surface area contributed by atoms with Crippen molar-refractivity contribution < 1.29 is 4.79 Å². The third-order valence-electron chi connectivity index (χ3n) is 19.9. The highest BCUT2D eigenvalue weighted by atomic mass is 128. The Bertz CT molecular complexity index is 3770. The van der Waals surface area contributed by atoms with Gasteiger partial charge in [-0.05, 0) is 371 Å². The quantitative estimate of drug-likeness (QED) is 0.138. The van der Waals surface area contributed by atoms with Crippen LogP contribution in [0.3, 0.4) is 0 Å². The standard InChI is InChI=1S/C34H40.C33H36O.I2/c1-14-16(3)20(7)30-27(18(14)5)24(11)25(12)32-33(30)26(13)29-23(10)22(9)28-19(6)15(2)17(4)21(8)31(28)34(29)32;1-13-15(3)19(7)27-25(17(13)5)22(10)24(12)30-31(27)29-23(11)21(9)26-18(6)14(2)16(4)20(8)28(26)32(29)33(30)34;1-2/h26H,1-13H3;1-12H3;. The summed E-state index contributed by atoms with van der Waals surface area (Å²) in [6.07, 6.45) is 0. The van der Waals surface area contributed by atoms with Crippen LogP contribution >= 0.6 is 37.2 Å². The maximum absolute atomic E-state index is 14.4. The Morgan fingerprint density at radius 3 is 0.829 bits per heavy atom. The van der Waals surface area contributed by atoms with Gasteiger partial charge in [0.2, 0.25) is 0 Å². The molecule has 0 aliphatic heterocycles. The smallest absolute Gasteiger partial charge is 0.195 e. The van der Waals surface area contributed by atoms with Gasteiger partial charge in [-0.1, -0.05) is 6.92 Å². The van der Waals surface area contributed by atoms with Gasteiger partial charge in [0.15, 0.2) is 5.78 Å². The molecular formula is C67H76I2O. The Kier molecular flexibility index (Phi) is 13.3. The van der Waals surface area contributed by atoms with Crippen LogP contribution in [0.2, 0.25) is 0 Å². The van der Waals surface area contributed by atoms with Crippen LogP contribution in [0, 0.1) is 166 Å². The number of hydrogen-bond acceptors (Lipinski definition) is 1. The summed E-state index contributed by atoms with van der Waals surface area (Å²) in [7, 11) is 0. The van der Waals surface area contributed by atoms with Crippen molar-refractivity contribution in [3.05, 3.63) is 156 Å². The maximum Gasteiger partial charge on any atom is 0.195 e. The highest BCUT2D eigenvalue weighted by Gasteiger charge is 2.39. The molecule has 0 fully saturated rings. The van der Waals surface area contributed by atoms with E-state index in [0.717, 1.165) is 16.7 Å². The van der Waals surface area contributed by atoms with E-state index in [1.165, 1.54) is 193 Å². The Labute approximate surface area is 444 Å². The van der Waals surface area contributed by atoms with Crippen molar-refractivity contribution in [3.63, 3.8) is 0 Å². The topological polar surface area (TPSA) is 17.1 Å². The van der Waals surface area contributed by atoms with Crippen LogP contribution in [0.15, 0.2) is 0 Å². The number of hydrogen-bond donors (Lipinski definition) is 0. The van der Waals surface area contributed by atoms with Gasteiger partial charge in [-0.3, -0.25) is 4.79 Å². The van der Waals surface area contributed by atoms with Crippen LogP contribution < -0.4 is 0 Å². The van der Waals surface area contributed by atoms with Crippen LogP contribution in [0.1, 0.15) is 173 Å². The number of rotatable bonds is 0. The largest absolute Gasteiger partial charge is 0.289 e. The maximum atomic E-state index is 14.4. The zero-order chi connectivity index (χ0) is 52.2. The molecule has 0 saturated carbocycles. The van der Waals surface area contributed by atoms with Gasteiger partial charge in [-0.15, -0.1) is 0 Å². The van der Waals surface area contributed by atoms with Crippen molar-refractivity contribution in [3.8, 4) is 22.3 Å².